The van der Waals surface area contributed by atoms with Gasteiger partial charge in [-0.3, -0.25) is 0 Å². The zero-order valence-corrected chi connectivity index (χ0v) is 19.6. The smallest absolute Gasteiger partial charge is 1.00 e. The van der Waals surface area contributed by atoms with Crippen molar-refractivity contribution >= 4 is 5.57 Å². The molecule has 0 heterocycles. The minimum atomic E-state index is 0. The van der Waals surface area contributed by atoms with Gasteiger partial charge in [0.15, 0.2) is 0 Å². The van der Waals surface area contributed by atoms with E-state index >= 15 is 0 Å². The molecule has 2 aliphatic carbocycles. The van der Waals surface area contributed by atoms with Crippen LogP contribution in [0.25, 0.3) is 16.7 Å². The van der Waals surface area contributed by atoms with Crippen LogP contribution in [0.5, 0.6) is 0 Å². The first-order chi connectivity index (χ1) is 11.4. The fraction of sp³-hybridized carbons (Fsp3) is 0.304. The van der Waals surface area contributed by atoms with Gasteiger partial charge in [0.2, 0.25) is 0 Å². The zero-order chi connectivity index (χ0) is 17.1. The molecule has 0 amide bonds. The molecule has 26 heavy (non-hydrogen) atoms. The summed E-state index contributed by atoms with van der Waals surface area (Å²) < 4.78 is 0.561. The SMILES string of the molecule is CC1C=C(C(C)(C)C)C=C1c1cccc2c1[CH]([Zr+2])c1ccccc1-2.[Cl-].[Cl-]. The van der Waals surface area contributed by atoms with Crippen molar-refractivity contribution in [3.63, 3.8) is 0 Å². The van der Waals surface area contributed by atoms with Gasteiger partial charge in [-0.2, -0.15) is 0 Å². The van der Waals surface area contributed by atoms with Crippen LogP contribution in [0.2, 0.25) is 0 Å². The Kier molecular flexibility index (Phi) is 6.49. The number of halogens is 2. The number of hydrogen-bond acceptors (Lipinski definition) is 0. The Balaban J connectivity index is 0.00000121. The van der Waals surface area contributed by atoms with Crippen molar-refractivity contribution in [3.05, 3.63) is 76.9 Å². The Morgan fingerprint density at radius 3 is 2.12 bits per heavy atom. The van der Waals surface area contributed by atoms with Gasteiger partial charge in [0.1, 0.15) is 0 Å². The average Bonchev–Trinajstić information content (AvgIpc) is 3.07. The predicted molar refractivity (Wildman–Crippen MR) is 98.4 cm³/mol. The van der Waals surface area contributed by atoms with Crippen LogP contribution in [0.15, 0.2) is 60.2 Å². The van der Waals surface area contributed by atoms with Crippen LogP contribution in [0, 0.1) is 11.3 Å². The van der Waals surface area contributed by atoms with Crippen LogP contribution in [0.4, 0.5) is 0 Å². The third-order valence-corrected chi connectivity index (χ3v) is 6.84. The Bertz CT molecular complexity index is 887. The number of fused-ring (bicyclic) bond motifs is 3. The molecular weight excluding hydrogens is 438 g/mol. The van der Waals surface area contributed by atoms with Crippen molar-refractivity contribution < 1.29 is 49.5 Å². The molecule has 0 bridgehead atoms. The van der Waals surface area contributed by atoms with Crippen molar-refractivity contribution in [2.45, 2.75) is 31.3 Å². The number of allylic oxidation sites excluding steroid dienone is 4. The van der Waals surface area contributed by atoms with Gasteiger partial charge in [0.05, 0.1) is 0 Å². The third-order valence-electron chi connectivity index (χ3n) is 5.36. The molecule has 0 nitrogen and oxygen atoms in total. The van der Waals surface area contributed by atoms with Gasteiger partial charge < -0.3 is 24.8 Å². The first-order valence-corrected chi connectivity index (χ1v) is 10.2. The molecule has 2 aromatic carbocycles. The monoisotopic (exact) mass is 459 g/mol. The van der Waals surface area contributed by atoms with Gasteiger partial charge in [-0.15, -0.1) is 0 Å². The van der Waals surface area contributed by atoms with E-state index < -0.39 is 0 Å². The maximum absolute atomic E-state index is 2.45. The van der Waals surface area contributed by atoms with E-state index in [0.717, 1.165) is 0 Å². The van der Waals surface area contributed by atoms with Gasteiger partial charge in [-0.05, 0) is 0 Å². The molecule has 3 heteroatoms. The van der Waals surface area contributed by atoms with Gasteiger partial charge in [-0.25, -0.2) is 0 Å². The summed E-state index contributed by atoms with van der Waals surface area (Å²) in [5, 5.41) is 0. The summed E-state index contributed by atoms with van der Waals surface area (Å²) >= 11 is 1.58. The summed E-state index contributed by atoms with van der Waals surface area (Å²) in [7, 11) is 0. The molecule has 2 aromatic rings. The first kappa shape index (κ1) is 21.7. The van der Waals surface area contributed by atoms with Gasteiger partial charge in [0.25, 0.3) is 0 Å². The third kappa shape index (κ3) is 3.44. The average molecular weight is 462 g/mol. The molecule has 2 atom stereocenters. The molecule has 0 saturated carbocycles. The fourth-order valence-corrected chi connectivity index (χ4v) is 5.39. The van der Waals surface area contributed by atoms with Crippen LogP contribution >= 0.6 is 0 Å². The minimum absolute atomic E-state index is 0. The molecule has 2 unspecified atom stereocenters. The molecule has 0 radical (unpaired) electrons. The predicted octanol–water partition coefficient (Wildman–Crippen LogP) is 0.317. The summed E-state index contributed by atoms with van der Waals surface area (Å²) in [5.74, 6) is 0.498. The number of hydrogen-bond donors (Lipinski definition) is 0. The quantitative estimate of drug-likeness (QED) is 0.574. The summed E-state index contributed by atoms with van der Waals surface area (Å²) in [4.78, 5) is 0. The molecule has 0 spiro atoms. The summed E-state index contributed by atoms with van der Waals surface area (Å²) in [6.07, 6.45) is 4.90. The minimum Gasteiger partial charge on any atom is -1.00 e. The van der Waals surface area contributed by atoms with E-state index in [0.29, 0.717) is 9.54 Å². The van der Waals surface area contributed by atoms with E-state index in [4.69, 9.17) is 0 Å². The van der Waals surface area contributed by atoms with Gasteiger partial charge >= 0.3 is 161 Å². The second-order valence-corrected chi connectivity index (χ2v) is 9.47. The molecule has 2 aliphatic rings. The van der Waals surface area contributed by atoms with E-state index in [1.165, 1.54) is 33.4 Å². The Hall–Kier alpha value is -0.617. The molecule has 0 aromatic heterocycles. The second kappa shape index (κ2) is 7.78. The van der Waals surface area contributed by atoms with E-state index in [-0.39, 0.29) is 30.2 Å². The standard InChI is InChI=1S/C23H23.2ClH.Zr/c1-15-12-17(23(2,3)4)14-21(15)20-11-7-10-19-18-9-6-5-8-16(18)13-22(19)20;;;/h5-15H,1-4H3;2*1H;/q;;;+2/p-2. The first-order valence-electron chi connectivity index (χ1n) is 8.75. The fourth-order valence-electron chi connectivity index (χ4n) is 4.01. The Morgan fingerprint density at radius 2 is 1.46 bits per heavy atom. The van der Waals surface area contributed by atoms with Gasteiger partial charge in [-0.1, -0.05) is 0 Å². The molecule has 0 N–H and O–H groups in total. The zero-order valence-electron chi connectivity index (χ0n) is 15.6. The van der Waals surface area contributed by atoms with Crippen molar-refractivity contribution in [1.29, 1.82) is 0 Å². The van der Waals surface area contributed by atoms with Crippen molar-refractivity contribution in [1.82, 2.24) is 0 Å². The van der Waals surface area contributed by atoms with Crippen LogP contribution in [-0.4, -0.2) is 0 Å². The largest absolute Gasteiger partial charge is 1.00 e. The van der Waals surface area contributed by atoms with Crippen LogP contribution in [0.1, 0.15) is 48.0 Å². The molecule has 0 fully saturated rings. The number of benzene rings is 2. The molecule has 133 valence electrons. The summed E-state index contributed by atoms with van der Waals surface area (Å²) in [6.45, 7) is 9.26. The van der Waals surface area contributed by atoms with E-state index in [2.05, 4.69) is 82.3 Å². The van der Waals surface area contributed by atoms with E-state index in [9.17, 15) is 0 Å². The molecular formula is C23H23Cl2Zr. The van der Waals surface area contributed by atoms with Crippen LogP contribution in [-0.2, 0) is 24.7 Å². The summed E-state index contributed by atoms with van der Waals surface area (Å²) in [5.41, 5.74) is 10.6. The normalized spacial score (nSPS) is 20.4. The van der Waals surface area contributed by atoms with Gasteiger partial charge in [0, 0.05) is 0 Å². The maximum atomic E-state index is 2.45. The maximum Gasteiger partial charge on any atom is -1.00 e. The van der Waals surface area contributed by atoms with Crippen molar-refractivity contribution in [2.75, 3.05) is 0 Å². The van der Waals surface area contributed by atoms with E-state index in [1.807, 2.05) is 0 Å². The van der Waals surface area contributed by atoms with Crippen molar-refractivity contribution in [3.8, 4) is 11.1 Å². The van der Waals surface area contributed by atoms with Crippen LogP contribution in [0.3, 0.4) is 0 Å². The second-order valence-electron chi connectivity index (χ2n) is 8.05. The topological polar surface area (TPSA) is 0 Å². The van der Waals surface area contributed by atoms with Crippen molar-refractivity contribution in [2.24, 2.45) is 11.3 Å². The van der Waals surface area contributed by atoms with E-state index in [1.54, 1.807) is 30.3 Å². The summed E-state index contributed by atoms with van der Waals surface area (Å²) in [6, 6.07) is 15.8. The Morgan fingerprint density at radius 1 is 0.846 bits per heavy atom. The number of rotatable bonds is 1. The molecule has 0 saturated heterocycles. The molecule has 4 rings (SSSR count). The molecule has 0 aliphatic heterocycles. The van der Waals surface area contributed by atoms with Crippen LogP contribution < -0.4 is 24.8 Å². The Labute approximate surface area is 184 Å².